The molecule has 0 saturated carbocycles. The van der Waals surface area contributed by atoms with Gasteiger partial charge in [0.15, 0.2) is 11.5 Å². The van der Waals surface area contributed by atoms with Crippen LogP contribution in [-0.2, 0) is 13.1 Å². The SMILES string of the molecule is COc1ccc(CNCc2ncc(C)s2)cc1O. The molecule has 0 radical (unpaired) electrons. The molecular weight excluding hydrogens is 248 g/mol. The second kappa shape index (κ2) is 5.84. The summed E-state index contributed by atoms with van der Waals surface area (Å²) in [4.78, 5) is 5.50. The van der Waals surface area contributed by atoms with Gasteiger partial charge < -0.3 is 15.2 Å². The molecule has 0 spiro atoms. The highest BCUT2D eigenvalue weighted by molar-refractivity contribution is 7.11. The minimum Gasteiger partial charge on any atom is -0.504 e. The Bertz CT molecular complexity index is 525. The number of thiazole rings is 1. The van der Waals surface area contributed by atoms with E-state index in [2.05, 4.69) is 10.3 Å². The molecule has 96 valence electrons. The van der Waals surface area contributed by atoms with Gasteiger partial charge in [-0.3, -0.25) is 0 Å². The third-order valence-electron chi connectivity index (χ3n) is 2.52. The van der Waals surface area contributed by atoms with Crippen molar-refractivity contribution >= 4 is 11.3 Å². The first kappa shape index (κ1) is 12.9. The van der Waals surface area contributed by atoms with E-state index < -0.39 is 0 Å². The third kappa shape index (κ3) is 3.21. The Morgan fingerprint density at radius 1 is 1.39 bits per heavy atom. The molecule has 2 rings (SSSR count). The van der Waals surface area contributed by atoms with Crippen molar-refractivity contribution in [3.05, 3.63) is 39.8 Å². The fraction of sp³-hybridized carbons (Fsp3) is 0.308. The monoisotopic (exact) mass is 264 g/mol. The van der Waals surface area contributed by atoms with Gasteiger partial charge in [-0.1, -0.05) is 6.07 Å². The van der Waals surface area contributed by atoms with E-state index in [9.17, 15) is 5.11 Å². The van der Waals surface area contributed by atoms with Gasteiger partial charge in [-0.2, -0.15) is 0 Å². The van der Waals surface area contributed by atoms with Gasteiger partial charge >= 0.3 is 0 Å². The van der Waals surface area contributed by atoms with Crippen molar-refractivity contribution < 1.29 is 9.84 Å². The predicted octanol–water partition coefficient (Wildman–Crippen LogP) is 2.46. The average Bonchev–Trinajstić information content (AvgIpc) is 2.75. The van der Waals surface area contributed by atoms with Crippen LogP contribution < -0.4 is 10.1 Å². The van der Waals surface area contributed by atoms with Crippen LogP contribution >= 0.6 is 11.3 Å². The minimum absolute atomic E-state index is 0.168. The Kier molecular flexibility index (Phi) is 4.17. The molecule has 1 aromatic heterocycles. The number of hydrogen-bond donors (Lipinski definition) is 2. The number of hydrogen-bond acceptors (Lipinski definition) is 5. The normalized spacial score (nSPS) is 10.6. The van der Waals surface area contributed by atoms with E-state index in [1.165, 1.54) is 12.0 Å². The third-order valence-corrected chi connectivity index (χ3v) is 3.43. The van der Waals surface area contributed by atoms with Crippen molar-refractivity contribution in [3.8, 4) is 11.5 Å². The van der Waals surface area contributed by atoms with Crippen molar-refractivity contribution in [1.29, 1.82) is 0 Å². The highest BCUT2D eigenvalue weighted by Gasteiger charge is 2.03. The topological polar surface area (TPSA) is 54.4 Å². The number of ether oxygens (including phenoxy) is 1. The molecule has 1 heterocycles. The molecule has 0 aliphatic rings. The minimum atomic E-state index is 0.168. The first-order chi connectivity index (χ1) is 8.69. The molecule has 0 aliphatic heterocycles. The molecule has 5 heteroatoms. The summed E-state index contributed by atoms with van der Waals surface area (Å²) >= 11 is 1.69. The van der Waals surface area contributed by atoms with Crippen molar-refractivity contribution in [2.75, 3.05) is 7.11 Å². The lowest BCUT2D eigenvalue weighted by Crippen LogP contribution is -2.12. The van der Waals surface area contributed by atoms with Crippen LogP contribution in [0.5, 0.6) is 11.5 Å². The van der Waals surface area contributed by atoms with E-state index in [1.54, 1.807) is 23.5 Å². The van der Waals surface area contributed by atoms with Crippen LogP contribution in [0.4, 0.5) is 0 Å². The van der Waals surface area contributed by atoms with Gasteiger partial charge in [-0.15, -0.1) is 11.3 Å². The summed E-state index contributed by atoms with van der Waals surface area (Å²) in [6.07, 6.45) is 1.88. The highest BCUT2D eigenvalue weighted by atomic mass is 32.1. The summed E-state index contributed by atoms with van der Waals surface area (Å²) in [7, 11) is 1.54. The van der Waals surface area contributed by atoms with Gasteiger partial charge in [-0.25, -0.2) is 4.98 Å². The number of benzene rings is 1. The molecule has 0 fully saturated rings. The zero-order valence-corrected chi connectivity index (χ0v) is 11.3. The number of aromatic nitrogens is 1. The summed E-state index contributed by atoms with van der Waals surface area (Å²) in [5.74, 6) is 0.663. The van der Waals surface area contributed by atoms with Crippen LogP contribution in [0.2, 0.25) is 0 Å². The molecule has 4 nitrogen and oxygen atoms in total. The lowest BCUT2D eigenvalue weighted by molar-refractivity contribution is 0.373. The van der Waals surface area contributed by atoms with Gasteiger partial charge in [0.1, 0.15) is 5.01 Å². The average molecular weight is 264 g/mol. The zero-order valence-electron chi connectivity index (χ0n) is 10.4. The maximum absolute atomic E-state index is 9.65. The second-order valence-corrected chi connectivity index (χ2v) is 5.29. The number of rotatable bonds is 5. The van der Waals surface area contributed by atoms with E-state index in [-0.39, 0.29) is 5.75 Å². The first-order valence-electron chi connectivity index (χ1n) is 5.67. The zero-order chi connectivity index (χ0) is 13.0. The summed E-state index contributed by atoms with van der Waals surface area (Å²) < 4.78 is 5.00. The van der Waals surface area contributed by atoms with Gasteiger partial charge in [-0.05, 0) is 24.6 Å². The fourth-order valence-electron chi connectivity index (χ4n) is 1.64. The smallest absolute Gasteiger partial charge is 0.160 e. The Balaban J connectivity index is 1.88. The quantitative estimate of drug-likeness (QED) is 0.871. The summed E-state index contributed by atoms with van der Waals surface area (Å²) in [6.45, 7) is 3.48. The molecule has 1 aromatic carbocycles. The number of methoxy groups -OCH3 is 1. The Morgan fingerprint density at radius 2 is 2.22 bits per heavy atom. The molecule has 0 saturated heterocycles. The lowest BCUT2D eigenvalue weighted by atomic mass is 10.2. The number of aromatic hydroxyl groups is 1. The molecule has 18 heavy (non-hydrogen) atoms. The van der Waals surface area contributed by atoms with Gasteiger partial charge in [0.25, 0.3) is 0 Å². The molecule has 0 unspecified atom stereocenters. The van der Waals surface area contributed by atoms with E-state index in [1.807, 2.05) is 19.2 Å². The van der Waals surface area contributed by atoms with Gasteiger partial charge in [0.2, 0.25) is 0 Å². The summed E-state index contributed by atoms with van der Waals surface area (Å²) in [6, 6.07) is 5.40. The number of phenols is 1. The summed E-state index contributed by atoms with van der Waals surface area (Å²) in [5, 5.41) is 14.0. The largest absolute Gasteiger partial charge is 0.504 e. The van der Waals surface area contributed by atoms with E-state index in [4.69, 9.17) is 4.74 Å². The van der Waals surface area contributed by atoms with Crippen molar-refractivity contribution in [2.24, 2.45) is 0 Å². The Labute approximate surface area is 110 Å². The van der Waals surface area contributed by atoms with Crippen LogP contribution in [0, 0.1) is 6.92 Å². The molecule has 0 atom stereocenters. The number of aryl methyl sites for hydroxylation is 1. The van der Waals surface area contributed by atoms with Gasteiger partial charge in [0.05, 0.1) is 7.11 Å². The predicted molar refractivity (Wildman–Crippen MR) is 72.1 cm³/mol. The Morgan fingerprint density at radius 3 is 2.83 bits per heavy atom. The molecule has 0 bridgehead atoms. The highest BCUT2D eigenvalue weighted by Crippen LogP contribution is 2.26. The standard InChI is InChI=1S/C13H16N2O2S/c1-9-6-15-13(18-9)8-14-7-10-3-4-12(17-2)11(16)5-10/h3-6,14,16H,7-8H2,1-2H3. The molecular formula is C13H16N2O2S. The van der Waals surface area contributed by atoms with Crippen LogP contribution in [0.25, 0.3) is 0 Å². The molecule has 0 amide bonds. The molecule has 2 N–H and O–H groups in total. The maximum Gasteiger partial charge on any atom is 0.160 e. The van der Waals surface area contributed by atoms with Crippen LogP contribution in [0.3, 0.4) is 0 Å². The number of nitrogens with one attached hydrogen (secondary N) is 1. The fourth-order valence-corrected chi connectivity index (χ4v) is 2.40. The lowest BCUT2D eigenvalue weighted by Gasteiger charge is -2.06. The number of nitrogens with zero attached hydrogens (tertiary/aromatic N) is 1. The van der Waals surface area contributed by atoms with Gasteiger partial charge in [0, 0.05) is 24.2 Å². The number of phenolic OH excluding ortho intramolecular Hbond substituents is 1. The summed E-state index contributed by atoms with van der Waals surface area (Å²) in [5.41, 5.74) is 1.02. The van der Waals surface area contributed by atoms with Crippen molar-refractivity contribution in [3.63, 3.8) is 0 Å². The molecule has 0 aliphatic carbocycles. The van der Waals surface area contributed by atoms with Crippen LogP contribution in [0.15, 0.2) is 24.4 Å². The molecule has 2 aromatic rings. The van der Waals surface area contributed by atoms with Crippen molar-refractivity contribution in [2.45, 2.75) is 20.0 Å². The van der Waals surface area contributed by atoms with Crippen molar-refractivity contribution in [1.82, 2.24) is 10.3 Å². The van der Waals surface area contributed by atoms with E-state index in [0.717, 1.165) is 17.1 Å². The van der Waals surface area contributed by atoms with Crippen LogP contribution in [0.1, 0.15) is 15.4 Å². The van der Waals surface area contributed by atoms with Crippen LogP contribution in [-0.4, -0.2) is 17.2 Å². The second-order valence-electron chi connectivity index (χ2n) is 3.97. The first-order valence-corrected chi connectivity index (χ1v) is 6.48. The Hall–Kier alpha value is -1.59. The maximum atomic E-state index is 9.65. The van der Waals surface area contributed by atoms with E-state index in [0.29, 0.717) is 12.3 Å². The van der Waals surface area contributed by atoms with E-state index >= 15 is 0 Å².